The number of fused-ring (bicyclic) bond motifs is 1. The van der Waals surface area contributed by atoms with E-state index < -0.39 is 17.7 Å². The number of aliphatic hydroxyl groups is 1. The molecule has 1 aromatic heterocycles. The van der Waals surface area contributed by atoms with Gasteiger partial charge < -0.3 is 28.8 Å². The topological polar surface area (TPSA) is 103 Å². The van der Waals surface area contributed by atoms with E-state index in [1.807, 2.05) is 65.4 Å². The summed E-state index contributed by atoms with van der Waals surface area (Å²) in [6.45, 7) is 2.12. The molecule has 2 aliphatic heterocycles. The fourth-order valence-corrected chi connectivity index (χ4v) is 5.16. The number of nitrogens with zero attached hydrogens (tertiary/aromatic N) is 3. The van der Waals surface area contributed by atoms with E-state index in [9.17, 15) is 14.7 Å². The third-order valence-electron chi connectivity index (χ3n) is 7.15. The minimum Gasteiger partial charge on any atom is -0.507 e. The molecule has 1 saturated heterocycles. The van der Waals surface area contributed by atoms with Crippen LogP contribution < -0.4 is 14.2 Å². The van der Waals surface area contributed by atoms with Gasteiger partial charge in [0, 0.05) is 31.0 Å². The van der Waals surface area contributed by atoms with E-state index >= 15 is 0 Å². The quantitative estimate of drug-likeness (QED) is 0.182. The monoisotopic (exact) mass is 551 g/mol. The highest BCUT2D eigenvalue weighted by molar-refractivity contribution is 6.46. The van der Waals surface area contributed by atoms with Crippen molar-refractivity contribution in [2.24, 2.45) is 0 Å². The summed E-state index contributed by atoms with van der Waals surface area (Å²) in [6, 6.07) is 21.3. The van der Waals surface area contributed by atoms with Gasteiger partial charge in [-0.1, -0.05) is 42.5 Å². The standard InChI is InChI=1S/C32H29N3O6/c36-30(24-10-11-26-27(19-24)40-17-16-39-26)28-29(35(32(38)31(28)37)14-5-13-34-15-12-33-21-34)23-8-4-9-25(18-23)41-20-22-6-2-1-3-7-22/h1-4,6-12,15,18-19,21,29,36H,5,13-14,16-17,20H2/b30-28+/t29-/m1/s1. The lowest BCUT2D eigenvalue weighted by Gasteiger charge is -2.26. The number of ether oxygens (including phenoxy) is 3. The Morgan fingerprint density at radius 1 is 0.951 bits per heavy atom. The first kappa shape index (κ1) is 26.2. The van der Waals surface area contributed by atoms with Gasteiger partial charge in [-0.15, -0.1) is 0 Å². The summed E-state index contributed by atoms with van der Waals surface area (Å²) in [6.07, 6.45) is 5.84. The van der Waals surface area contributed by atoms with Gasteiger partial charge in [-0.3, -0.25) is 9.59 Å². The van der Waals surface area contributed by atoms with Crippen LogP contribution in [0.4, 0.5) is 0 Å². The molecule has 2 aliphatic rings. The molecule has 3 heterocycles. The molecule has 6 rings (SSSR count). The molecule has 1 amide bonds. The van der Waals surface area contributed by atoms with Crippen molar-refractivity contribution in [1.82, 2.24) is 14.5 Å². The summed E-state index contributed by atoms with van der Waals surface area (Å²) in [7, 11) is 0. The molecule has 4 aromatic rings. The summed E-state index contributed by atoms with van der Waals surface area (Å²) in [5, 5.41) is 11.5. The van der Waals surface area contributed by atoms with Crippen molar-refractivity contribution >= 4 is 17.4 Å². The fraction of sp³-hybridized carbons (Fsp3) is 0.219. The molecule has 3 aromatic carbocycles. The van der Waals surface area contributed by atoms with E-state index in [-0.39, 0.29) is 11.3 Å². The molecule has 0 saturated carbocycles. The lowest BCUT2D eigenvalue weighted by atomic mass is 9.95. The number of hydrogen-bond donors (Lipinski definition) is 1. The highest BCUT2D eigenvalue weighted by atomic mass is 16.6. The van der Waals surface area contributed by atoms with Crippen LogP contribution in [0.3, 0.4) is 0 Å². The molecule has 0 bridgehead atoms. The van der Waals surface area contributed by atoms with Gasteiger partial charge in [-0.25, -0.2) is 4.98 Å². The van der Waals surface area contributed by atoms with E-state index in [2.05, 4.69) is 4.98 Å². The summed E-state index contributed by atoms with van der Waals surface area (Å²) >= 11 is 0. The van der Waals surface area contributed by atoms with Crippen molar-refractivity contribution in [2.75, 3.05) is 19.8 Å². The maximum Gasteiger partial charge on any atom is 0.295 e. The van der Waals surface area contributed by atoms with E-state index in [0.717, 1.165) is 5.56 Å². The Labute approximate surface area is 237 Å². The molecule has 1 fully saturated rings. The highest BCUT2D eigenvalue weighted by Crippen LogP contribution is 2.42. The predicted octanol–water partition coefficient (Wildman–Crippen LogP) is 4.75. The number of aryl methyl sites for hydroxylation is 1. The second kappa shape index (κ2) is 11.6. The molecule has 9 heteroatoms. The average Bonchev–Trinajstić information content (AvgIpc) is 3.62. The largest absolute Gasteiger partial charge is 0.507 e. The number of hydrogen-bond acceptors (Lipinski definition) is 7. The van der Waals surface area contributed by atoms with Gasteiger partial charge in [-0.05, 0) is 47.9 Å². The molecule has 0 radical (unpaired) electrons. The Morgan fingerprint density at radius 3 is 2.59 bits per heavy atom. The van der Waals surface area contributed by atoms with Crippen LogP contribution in [0.1, 0.15) is 29.2 Å². The number of Topliss-reactive ketones (excluding diaryl/α,β-unsaturated/α-hetero) is 1. The Kier molecular flexibility index (Phi) is 7.40. The van der Waals surface area contributed by atoms with Gasteiger partial charge in [0.25, 0.3) is 11.7 Å². The second-order valence-corrected chi connectivity index (χ2v) is 9.85. The van der Waals surface area contributed by atoms with Crippen LogP contribution in [0.15, 0.2) is 97.1 Å². The number of carbonyl (C=O) groups excluding carboxylic acids is 2. The lowest BCUT2D eigenvalue weighted by Crippen LogP contribution is -2.31. The molecular formula is C32H29N3O6. The van der Waals surface area contributed by atoms with E-state index in [4.69, 9.17) is 14.2 Å². The third-order valence-corrected chi connectivity index (χ3v) is 7.15. The third kappa shape index (κ3) is 5.51. The lowest BCUT2D eigenvalue weighted by molar-refractivity contribution is -0.139. The zero-order valence-corrected chi connectivity index (χ0v) is 22.3. The molecule has 208 valence electrons. The summed E-state index contributed by atoms with van der Waals surface area (Å²) in [5.74, 6) is -0.0287. The van der Waals surface area contributed by atoms with Crippen LogP contribution >= 0.6 is 0 Å². The van der Waals surface area contributed by atoms with Crippen molar-refractivity contribution in [1.29, 1.82) is 0 Å². The fourth-order valence-electron chi connectivity index (χ4n) is 5.16. The molecule has 0 spiro atoms. The number of aromatic nitrogens is 2. The zero-order valence-electron chi connectivity index (χ0n) is 22.3. The Bertz CT molecular complexity index is 1580. The minimum absolute atomic E-state index is 0.0227. The van der Waals surface area contributed by atoms with Crippen molar-refractivity contribution in [3.63, 3.8) is 0 Å². The summed E-state index contributed by atoms with van der Waals surface area (Å²) < 4.78 is 19.2. The molecule has 0 unspecified atom stereocenters. The maximum atomic E-state index is 13.5. The van der Waals surface area contributed by atoms with Gasteiger partial charge >= 0.3 is 0 Å². The average molecular weight is 552 g/mol. The molecule has 1 atom stereocenters. The number of rotatable bonds is 9. The van der Waals surface area contributed by atoms with Gasteiger partial charge in [-0.2, -0.15) is 0 Å². The van der Waals surface area contributed by atoms with Crippen LogP contribution in [0.25, 0.3) is 5.76 Å². The first-order chi connectivity index (χ1) is 20.1. The van der Waals surface area contributed by atoms with E-state index in [0.29, 0.717) is 67.7 Å². The van der Waals surface area contributed by atoms with Crippen molar-refractivity contribution in [3.05, 3.63) is 114 Å². The van der Waals surface area contributed by atoms with Gasteiger partial charge in [0.15, 0.2) is 11.5 Å². The first-order valence-corrected chi connectivity index (χ1v) is 13.5. The van der Waals surface area contributed by atoms with Crippen LogP contribution in [0.2, 0.25) is 0 Å². The van der Waals surface area contributed by atoms with Gasteiger partial charge in [0.05, 0.1) is 17.9 Å². The maximum absolute atomic E-state index is 13.5. The van der Waals surface area contributed by atoms with Crippen LogP contribution in [-0.4, -0.2) is 51.0 Å². The first-order valence-electron chi connectivity index (χ1n) is 13.5. The van der Waals surface area contributed by atoms with Gasteiger partial charge in [0.2, 0.25) is 0 Å². The summed E-state index contributed by atoms with van der Waals surface area (Å²) in [5.41, 5.74) is 2.07. The Morgan fingerprint density at radius 2 is 1.78 bits per heavy atom. The number of imidazole rings is 1. The van der Waals surface area contributed by atoms with E-state index in [1.54, 1.807) is 30.7 Å². The second-order valence-electron chi connectivity index (χ2n) is 9.85. The highest BCUT2D eigenvalue weighted by Gasteiger charge is 2.46. The normalized spacial score (nSPS) is 17.6. The number of ketones is 1. The minimum atomic E-state index is -0.800. The number of likely N-dealkylation sites (tertiary alicyclic amines) is 1. The van der Waals surface area contributed by atoms with E-state index in [1.165, 1.54) is 4.90 Å². The smallest absolute Gasteiger partial charge is 0.295 e. The number of amides is 1. The number of benzene rings is 3. The van der Waals surface area contributed by atoms with Crippen molar-refractivity contribution in [3.8, 4) is 17.2 Å². The predicted molar refractivity (Wildman–Crippen MR) is 151 cm³/mol. The molecule has 9 nitrogen and oxygen atoms in total. The zero-order chi connectivity index (χ0) is 28.2. The van der Waals surface area contributed by atoms with Crippen molar-refractivity contribution < 1.29 is 28.9 Å². The molecule has 41 heavy (non-hydrogen) atoms. The Balaban J connectivity index is 1.35. The number of carbonyl (C=O) groups is 2. The van der Waals surface area contributed by atoms with Crippen LogP contribution in [-0.2, 0) is 22.7 Å². The Hall–Kier alpha value is -5.05. The van der Waals surface area contributed by atoms with Crippen LogP contribution in [0, 0.1) is 0 Å². The SMILES string of the molecule is O=C1C(=O)N(CCCn2ccnc2)[C@H](c2cccc(OCc3ccccc3)c2)/C1=C(\O)c1ccc2c(c1)OCCO2. The molecular weight excluding hydrogens is 522 g/mol. The molecule has 1 N–H and O–H groups in total. The van der Waals surface area contributed by atoms with Crippen molar-refractivity contribution in [2.45, 2.75) is 25.6 Å². The van der Waals surface area contributed by atoms with Gasteiger partial charge in [0.1, 0.15) is 31.3 Å². The van der Waals surface area contributed by atoms with Crippen LogP contribution in [0.5, 0.6) is 17.2 Å². The summed E-state index contributed by atoms with van der Waals surface area (Å²) in [4.78, 5) is 32.5. The number of aliphatic hydroxyl groups excluding tert-OH is 1. The molecule has 0 aliphatic carbocycles.